The third-order valence-corrected chi connectivity index (χ3v) is 4.30. The first kappa shape index (κ1) is 16.8. The standard InChI is InChI=1S/C17H26N2O3/c1-14-4-3-5-16(15(14)2)19(7-6-17(20)21)9-8-18-10-12-22-13-11-18/h3-5H,6-13H2,1-2H3,(H,20,21). The molecule has 122 valence electrons. The van der Waals surface area contributed by atoms with Gasteiger partial charge < -0.3 is 14.7 Å². The molecule has 1 saturated heterocycles. The molecule has 1 aromatic carbocycles. The highest BCUT2D eigenvalue weighted by atomic mass is 16.5. The van der Waals surface area contributed by atoms with E-state index in [0.29, 0.717) is 6.54 Å². The number of carboxylic acids is 1. The van der Waals surface area contributed by atoms with Crippen LogP contribution in [-0.4, -0.2) is 61.9 Å². The Balaban J connectivity index is 2.04. The van der Waals surface area contributed by atoms with E-state index < -0.39 is 5.97 Å². The van der Waals surface area contributed by atoms with E-state index >= 15 is 0 Å². The molecule has 22 heavy (non-hydrogen) atoms. The predicted molar refractivity (Wildman–Crippen MR) is 87.6 cm³/mol. The Morgan fingerprint density at radius 2 is 2.00 bits per heavy atom. The molecule has 2 rings (SSSR count). The summed E-state index contributed by atoms with van der Waals surface area (Å²) in [5.41, 5.74) is 3.62. The number of hydrogen-bond acceptors (Lipinski definition) is 4. The summed E-state index contributed by atoms with van der Waals surface area (Å²) in [5.74, 6) is -0.748. The number of aliphatic carboxylic acids is 1. The number of anilines is 1. The number of carbonyl (C=O) groups is 1. The topological polar surface area (TPSA) is 53.0 Å². The highest BCUT2D eigenvalue weighted by Crippen LogP contribution is 2.23. The minimum atomic E-state index is -0.748. The normalized spacial score (nSPS) is 15.7. The highest BCUT2D eigenvalue weighted by Gasteiger charge is 2.15. The predicted octanol–water partition coefficient (Wildman–Crippen LogP) is 1.92. The number of aryl methyl sites for hydroxylation is 1. The number of benzene rings is 1. The second-order valence-corrected chi connectivity index (χ2v) is 5.80. The van der Waals surface area contributed by atoms with Crippen molar-refractivity contribution in [3.8, 4) is 0 Å². The second kappa shape index (κ2) is 8.15. The van der Waals surface area contributed by atoms with E-state index in [1.54, 1.807) is 0 Å². The number of hydrogen-bond donors (Lipinski definition) is 1. The minimum Gasteiger partial charge on any atom is -0.481 e. The van der Waals surface area contributed by atoms with Gasteiger partial charge in [-0.1, -0.05) is 12.1 Å². The Hall–Kier alpha value is -1.59. The third kappa shape index (κ3) is 4.71. The lowest BCUT2D eigenvalue weighted by molar-refractivity contribution is -0.136. The van der Waals surface area contributed by atoms with E-state index in [4.69, 9.17) is 9.84 Å². The smallest absolute Gasteiger partial charge is 0.305 e. The molecule has 0 bridgehead atoms. The van der Waals surface area contributed by atoms with Crippen molar-refractivity contribution in [2.75, 3.05) is 50.8 Å². The quantitative estimate of drug-likeness (QED) is 0.834. The Labute approximate surface area is 132 Å². The van der Waals surface area contributed by atoms with Crippen molar-refractivity contribution in [2.45, 2.75) is 20.3 Å². The third-order valence-electron chi connectivity index (χ3n) is 4.30. The molecule has 1 heterocycles. The molecule has 0 unspecified atom stereocenters. The van der Waals surface area contributed by atoms with Crippen LogP contribution in [0.15, 0.2) is 18.2 Å². The van der Waals surface area contributed by atoms with Crippen molar-refractivity contribution in [1.29, 1.82) is 0 Å². The summed E-state index contributed by atoms with van der Waals surface area (Å²) in [7, 11) is 0. The summed E-state index contributed by atoms with van der Waals surface area (Å²) in [6.07, 6.45) is 0.163. The number of carboxylic acid groups (broad SMARTS) is 1. The molecule has 1 aliphatic rings. The molecule has 1 aromatic rings. The van der Waals surface area contributed by atoms with Gasteiger partial charge in [-0.25, -0.2) is 0 Å². The number of nitrogens with zero attached hydrogens (tertiary/aromatic N) is 2. The summed E-state index contributed by atoms with van der Waals surface area (Å²) in [6, 6.07) is 6.22. The first-order valence-electron chi connectivity index (χ1n) is 7.91. The first-order chi connectivity index (χ1) is 10.6. The van der Waals surface area contributed by atoms with Crippen LogP contribution in [0.2, 0.25) is 0 Å². The van der Waals surface area contributed by atoms with Crippen LogP contribution < -0.4 is 4.90 Å². The SMILES string of the molecule is Cc1cccc(N(CCC(=O)O)CCN2CCOCC2)c1C. The Bertz CT molecular complexity index is 499. The zero-order valence-corrected chi connectivity index (χ0v) is 13.5. The summed E-state index contributed by atoms with van der Waals surface area (Å²) < 4.78 is 5.37. The Kier molecular flexibility index (Phi) is 6.21. The Morgan fingerprint density at radius 3 is 2.68 bits per heavy atom. The summed E-state index contributed by atoms with van der Waals surface area (Å²) in [5, 5.41) is 9.00. The highest BCUT2D eigenvalue weighted by molar-refractivity contribution is 5.68. The van der Waals surface area contributed by atoms with Crippen molar-refractivity contribution in [3.63, 3.8) is 0 Å². The van der Waals surface area contributed by atoms with E-state index in [0.717, 1.165) is 45.1 Å². The van der Waals surface area contributed by atoms with Gasteiger partial charge in [-0.15, -0.1) is 0 Å². The van der Waals surface area contributed by atoms with E-state index in [9.17, 15) is 4.79 Å². The van der Waals surface area contributed by atoms with Crippen LogP contribution in [-0.2, 0) is 9.53 Å². The van der Waals surface area contributed by atoms with Gasteiger partial charge in [0.1, 0.15) is 0 Å². The van der Waals surface area contributed by atoms with Crippen molar-refractivity contribution < 1.29 is 14.6 Å². The van der Waals surface area contributed by atoms with Crippen LogP contribution in [0, 0.1) is 13.8 Å². The number of morpholine rings is 1. The van der Waals surface area contributed by atoms with Gasteiger partial charge >= 0.3 is 5.97 Å². The first-order valence-corrected chi connectivity index (χ1v) is 7.91. The molecular weight excluding hydrogens is 280 g/mol. The molecule has 1 aliphatic heterocycles. The monoisotopic (exact) mass is 306 g/mol. The van der Waals surface area contributed by atoms with Crippen LogP contribution in [0.4, 0.5) is 5.69 Å². The number of rotatable bonds is 7. The van der Waals surface area contributed by atoms with Crippen molar-refractivity contribution in [1.82, 2.24) is 4.90 Å². The molecule has 0 aliphatic carbocycles. The van der Waals surface area contributed by atoms with Gasteiger partial charge in [0.05, 0.1) is 19.6 Å². The molecule has 1 fully saturated rings. The van der Waals surface area contributed by atoms with Gasteiger partial charge in [0, 0.05) is 38.4 Å². The fraction of sp³-hybridized carbons (Fsp3) is 0.588. The zero-order chi connectivity index (χ0) is 15.9. The molecular formula is C17H26N2O3. The lowest BCUT2D eigenvalue weighted by atomic mass is 10.1. The molecule has 5 heteroatoms. The van der Waals surface area contributed by atoms with Gasteiger partial charge in [-0.2, -0.15) is 0 Å². The molecule has 0 spiro atoms. The lowest BCUT2D eigenvalue weighted by Gasteiger charge is -2.32. The van der Waals surface area contributed by atoms with Crippen LogP contribution >= 0.6 is 0 Å². The molecule has 0 atom stereocenters. The molecule has 0 aromatic heterocycles. The van der Waals surface area contributed by atoms with Crippen molar-refractivity contribution in [2.24, 2.45) is 0 Å². The summed E-state index contributed by atoms with van der Waals surface area (Å²) >= 11 is 0. The molecule has 0 amide bonds. The average molecular weight is 306 g/mol. The van der Waals surface area contributed by atoms with Crippen molar-refractivity contribution >= 4 is 11.7 Å². The van der Waals surface area contributed by atoms with E-state index in [1.807, 2.05) is 6.07 Å². The molecule has 1 N–H and O–H groups in total. The van der Waals surface area contributed by atoms with Gasteiger partial charge in [0.25, 0.3) is 0 Å². The average Bonchev–Trinajstić information content (AvgIpc) is 2.51. The maximum atomic E-state index is 10.9. The van der Waals surface area contributed by atoms with Crippen LogP contribution in [0.25, 0.3) is 0 Å². The second-order valence-electron chi connectivity index (χ2n) is 5.80. The van der Waals surface area contributed by atoms with E-state index in [-0.39, 0.29) is 6.42 Å². The van der Waals surface area contributed by atoms with Gasteiger partial charge in [-0.05, 0) is 31.0 Å². The Morgan fingerprint density at radius 1 is 1.27 bits per heavy atom. The maximum absolute atomic E-state index is 10.9. The minimum absolute atomic E-state index is 0.163. The molecule has 5 nitrogen and oxygen atoms in total. The maximum Gasteiger partial charge on any atom is 0.305 e. The van der Waals surface area contributed by atoms with E-state index in [2.05, 4.69) is 35.8 Å². The summed E-state index contributed by atoms with van der Waals surface area (Å²) in [4.78, 5) is 15.5. The largest absolute Gasteiger partial charge is 0.481 e. The number of ether oxygens (including phenoxy) is 1. The zero-order valence-electron chi connectivity index (χ0n) is 13.5. The van der Waals surface area contributed by atoms with Crippen LogP contribution in [0.1, 0.15) is 17.5 Å². The summed E-state index contributed by atoms with van der Waals surface area (Å²) in [6.45, 7) is 10.0. The lowest BCUT2D eigenvalue weighted by Crippen LogP contribution is -2.42. The fourth-order valence-electron chi connectivity index (χ4n) is 2.75. The van der Waals surface area contributed by atoms with Gasteiger partial charge in [-0.3, -0.25) is 9.69 Å². The molecule has 0 radical (unpaired) electrons. The molecule has 0 saturated carbocycles. The van der Waals surface area contributed by atoms with Crippen LogP contribution in [0.3, 0.4) is 0 Å². The van der Waals surface area contributed by atoms with Gasteiger partial charge in [0.2, 0.25) is 0 Å². The fourth-order valence-corrected chi connectivity index (χ4v) is 2.75. The van der Waals surface area contributed by atoms with Crippen LogP contribution in [0.5, 0.6) is 0 Å². The van der Waals surface area contributed by atoms with E-state index in [1.165, 1.54) is 11.1 Å². The van der Waals surface area contributed by atoms with Gasteiger partial charge in [0.15, 0.2) is 0 Å². The van der Waals surface area contributed by atoms with Crippen molar-refractivity contribution in [3.05, 3.63) is 29.3 Å².